The lowest BCUT2D eigenvalue weighted by Crippen LogP contribution is -2.37. The molecule has 0 aromatic rings. The standard InChI is InChI=1S/C8H15NO/c1-6-3-4-7(9)8(5-6)10-2/h3-4,6-8H,5,9H2,1-2H3. The Hall–Kier alpha value is -0.340. The van der Waals surface area contributed by atoms with Gasteiger partial charge in [0.05, 0.1) is 6.10 Å². The maximum Gasteiger partial charge on any atom is 0.0763 e. The summed E-state index contributed by atoms with van der Waals surface area (Å²) in [6.07, 6.45) is 5.46. The van der Waals surface area contributed by atoms with E-state index in [2.05, 4.69) is 13.0 Å². The number of rotatable bonds is 1. The van der Waals surface area contributed by atoms with Crippen LogP contribution in [-0.2, 0) is 4.74 Å². The Labute approximate surface area is 62.1 Å². The van der Waals surface area contributed by atoms with Crippen LogP contribution in [0.1, 0.15) is 13.3 Å². The molecule has 3 unspecified atom stereocenters. The summed E-state index contributed by atoms with van der Waals surface area (Å²) in [5.74, 6) is 0.616. The van der Waals surface area contributed by atoms with Gasteiger partial charge in [-0.3, -0.25) is 0 Å². The van der Waals surface area contributed by atoms with Gasteiger partial charge in [0.15, 0.2) is 0 Å². The van der Waals surface area contributed by atoms with Crippen LogP contribution in [0.3, 0.4) is 0 Å². The molecule has 10 heavy (non-hydrogen) atoms. The zero-order valence-electron chi connectivity index (χ0n) is 6.58. The first kappa shape index (κ1) is 7.76. The van der Waals surface area contributed by atoms with Gasteiger partial charge in [-0.1, -0.05) is 19.1 Å². The molecule has 58 valence electrons. The SMILES string of the molecule is COC1CC(C)C=CC1N. The van der Waals surface area contributed by atoms with E-state index in [1.165, 1.54) is 0 Å². The summed E-state index contributed by atoms with van der Waals surface area (Å²) in [4.78, 5) is 0. The first-order valence-corrected chi connectivity index (χ1v) is 3.70. The highest BCUT2D eigenvalue weighted by atomic mass is 16.5. The second kappa shape index (κ2) is 3.17. The van der Waals surface area contributed by atoms with Gasteiger partial charge in [0.2, 0.25) is 0 Å². The third-order valence-corrected chi connectivity index (χ3v) is 2.00. The van der Waals surface area contributed by atoms with E-state index in [1.807, 2.05) is 6.08 Å². The van der Waals surface area contributed by atoms with Gasteiger partial charge in [-0.25, -0.2) is 0 Å². The molecule has 2 nitrogen and oxygen atoms in total. The molecule has 1 aliphatic rings. The van der Waals surface area contributed by atoms with Gasteiger partial charge >= 0.3 is 0 Å². The molecule has 0 fully saturated rings. The molecule has 0 heterocycles. The molecule has 0 bridgehead atoms. The van der Waals surface area contributed by atoms with Crippen LogP contribution in [0.15, 0.2) is 12.2 Å². The normalized spacial score (nSPS) is 40.1. The largest absolute Gasteiger partial charge is 0.379 e. The maximum atomic E-state index is 5.74. The van der Waals surface area contributed by atoms with E-state index in [9.17, 15) is 0 Å². The minimum atomic E-state index is 0.0983. The third kappa shape index (κ3) is 1.58. The predicted octanol–water partition coefficient (Wildman–Crippen LogP) is 0.925. The summed E-state index contributed by atoms with van der Waals surface area (Å²) in [6.45, 7) is 2.17. The van der Waals surface area contributed by atoms with Crippen molar-refractivity contribution in [2.45, 2.75) is 25.5 Å². The van der Waals surface area contributed by atoms with Gasteiger partial charge in [0.1, 0.15) is 0 Å². The highest BCUT2D eigenvalue weighted by Gasteiger charge is 2.20. The molecular formula is C8H15NO. The first-order chi connectivity index (χ1) is 4.74. The summed E-state index contributed by atoms with van der Waals surface area (Å²) in [7, 11) is 1.72. The number of methoxy groups -OCH3 is 1. The fraction of sp³-hybridized carbons (Fsp3) is 0.750. The van der Waals surface area contributed by atoms with Crippen molar-refractivity contribution < 1.29 is 4.74 Å². The molecule has 2 N–H and O–H groups in total. The van der Waals surface area contributed by atoms with Crippen LogP contribution in [0.2, 0.25) is 0 Å². The lowest BCUT2D eigenvalue weighted by molar-refractivity contribution is 0.0725. The molecule has 0 amide bonds. The van der Waals surface area contributed by atoms with Crippen molar-refractivity contribution in [1.82, 2.24) is 0 Å². The molecule has 0 saturated carbocycles. The first-order valence-electron chi connectivity index (χ1n) is 3.70. The minimum Gasteiger partial charge on any atom is -0.379 e. The predicted molar refractivity (Wildman–Crippen MR) is 41.7 cm³/mol. The van der Waals surface area contributed by atoms with E-state index in [0.717, 1.165) is 6.42 Å². The van der Waals surface area contributed by atoms with Gasteiger partial charge in [0.25, 0.3) is 0 Å². The second-order valence-corrected chi connectivity index (χ2v) is 2.95. The van der Waals surface area contributed by atoms with Crippen LogP contribution in [0, 0.1) is 5.92 Å². The quantitative estimate of drug-likeness (QED) is 0.551. The van der Waals surface area contributed by atoms with Crippen molar-refractivity contribution in [2.75, 3.05) is 7.11 Å². The molecule has 0 saturated heterocycles. The molecule has 2 heteroatoms. The van der Waals surface area contributed by atoms with Crippen molar-refractivity contribution in [3.05, 3.63) is 12.2 Å². The van der Waals surface area contributed by atoms with Crippen LogP contribution < -0.4 is 5.73 Å². The topological polar surface area (TPSA) is 35.2 Å². The number of nitrogens with two attached hydrogens (primary N) is 1. The Morgan fingerprint density at radius 3 is 2.70 bits per heavy atom. The third-order valence-electron chi connectivity index (χ3n) is 2.00. The Balaban J connectivity index is 2.53. The van der Waals surface area contributed by atoms with Gasteiger partial charge < -0.3 is 10.5 Å². The summed E-state index contributed by atoms with van der Waals surface area (Å²) in [5.41, 5.74) is 5.74. The van der Waals surface area contributed by atoms with Crippen molar-refractivity contribution in [3.8, 4) is 0 Å². The summed E-state index contributed by atoms with van der Waals surface area (Å²) in [6, 6.07) is 0.0983. The fourth-order valence-electron chi connectivity index (χ4n) is 1.30. The van der Waals surface area contributed by atoms with Crippen LogP contribution >= 0.6 is 0 Å². The molecule has 1 rings (SSSR count). The molecule has 0 aromatic carbocycles. The van der Waals surface area contributed by atoms with Gasteiger partial charge in [-0.05, 0) is 12.3 Å². The Morgan fingerprint density at radius 1 is 1.50 bits per heavy atom. The van der Waals surface area contributed by atoms with Crippen LogP contribution in [-0.4, -0.2) is 19.3 Å². The van der Waals surface area contributed by atoms with E-state index in [1.54, 1.807) is 7.11 Å². The van der Waals surface area contributed by atoms with Crippen molar-refractivity contribution in [3.63, 3.8) is 0 Å². The molecule has 0 aromatic heterocycles. The zero-order valence-corrected chi connectivity index (χ0v) is 6.58. The summed E-state index contributed by atoms with van der Waals surface area (Å²) in [5, 5.41) is 0. The highest BCUT2D eigenvalue weighted by molar-refractivity contribution is 5.03. The van der Waals surface area contributed by atoms with Crippen LogP contribution in [0.5, 0.6) is 0 Å². The molecule has 0 radical (unpaired) electrons. The number of hydrogen-bond acceptors (Lipinski definition) is 2. The molecule has 3 atom stereocenters. The number of allylic oxidation sites excluding steroid dienone is 1. The average molecular weight is 141 g/mol. The van der Waals surface area contributed by atoms with E-state index in [0.29, 0.717) is 5.92 Å². The van der Waals surface area contributed by atoms with E-state index in [-0.39, 0.29) is 12.1 Å². The number of ether oxygens (including phenoxy) is 1. The van der Waals surface area contributed by atoms with Gasteiger partial charge in [0, 0.05) is 13.2 Å². The molecular weight excluding hydrogens is 126 g/mol. The Kier molecular flexibility index (Phi) is 2.46. The Morgan fingerprint density at radius 2 is 2.20 bits per heavy atom. The van der Waals surface area contributed by atoms with Crippen LogP contribution in [0.4, 0.5) is 0 Å². The lowest BCUT2D eigenvalue weighted by atomic mass is 9.92. The maximum absolute atomic E-state index is 5.74. The van der Waals surface area contributed by atoms with Crippen LogP contribution in [0.25, 0.3) is 0 Å². The van der Waals surface area contributed by atoms with Gasteiger partial charge in [-0.15, -0.1) is 0 Å². The van der Waals surface area contributed by atoms with Gasteiger partial charge in [-0.2, -0.15) is 0 Å². The summed E-state index contributed by atoms with van der Waals surface area (Å²) >= 11 is 0. The Bertz CT molecular complexity index is 133. The number of hydrogen-bond donors (Lipinski definition) is 1. The van der Waals surface area contributed by atoms with Crippen molar-refractivity contribution in [2.24, 2.45) is 11.7 Å². The smallest absolute Gasteiger partial charge is 0.0763 e. The highest BCUT2D eigenvalue weighted by Crippen LogP contribution is 2.18. The molecule has 0 aliphatic heterocycles. The van der Waals surface area contributed by atoms with E-state index in [4.69, 9.17) is 10.5 Å². The average Bonchev–Trinajstić information content (AvgIpc) is 1.94. The van der Waals surface area contributed by atoms with E-state index >= 15 is 0 Å². The zero-order chi connectivity index (χ0) is 7.56. The van der Waals surface area contributed by atoms with E-state index < -0.39 is 0 Å². The molecule has 1 aliphatic carbocycles. The van der Waals surface area contributed by atoms with Crippen molar-refractivity contribution >= 4 is 0 Å². The fourth-order valence-corrected chi connectivity index (χ4v) is 1.30. The summed E-state index contributed by atoms with van der Waals surface area (Å²) < 4.78 is 5.20. The second-order valence-electron chi connectivity index (χ2n) is 2.95. The molecule has 0 spiro atoms. The monoisotopic (exact) mass is 141 g/mol. The minimum absolute atomic E-state index is 0.0983. The lowest BCUT2D eigenvalue weighted by Gasteiger charge is -2.26. The van der Waals surface area contributed by atoms with Crippen molar-refractivity contribution in [1.29, 1.82) is 0 Å².